The quantitative estimate of drug-likeness (QED) is 0.589. The molecule has 0 spiro atoms. The van der Waals surface area contributed by atoms with Crippen LogP contribution in [0.1, 0.15) is 0 Å². The third kappa shape index (κ3) is 4.58. The molecule has 0 aromatic heterocycles. The molecule has 0 fully saturated rings. The zero-order valence-corrected chi connectivity index (χ0v) is 10.9. The molecule has 0 aliphatic carbocycles. The summed E-state index contributed by atoms with van der Waals surface area (Å²) in [6, 6.07) is 1.92. The maximum Gasteiger partial charge on any atom is 0.343 e. The fourth-order valence-corrected chi connectivity index (χ4v) is 1.52. The molecule has 0 heterocycles. The van der Waals surface area contributed by atoms with Crippen molar-refractivity contribution >= 4 is 52.5 Å². The summed E-state index contributed by atoms with van der Waals surface area (Å²) in [7, 11) is 0. The Kier molecular flexibility index (Phi) is 5.49. The average molecular weight is 314 g/mol. The van der Waals surface area contributed by atoms with Crippen molar-refractivity contribution in [2.24, 2.45) is 0 Å². The van der Waals surface area contributed by atoms with Crippen LogP contribution in [0.3, 0.4) is 0 Å². The highest BCUT2D eigenvalue weighted by molar-refractivity contribution is 6.44. The first-order chi connectivity index (χ1) is 8.40. The summed E-state index contributed by atoms with van der Waals surface area (Å²) in [6.45, 7) is -0.664. The van der Waals surface area contributed by atoms with E-state index in [2.05, 4.69) is 10.2 Å². The van der Waals surface area contributed by atoms with Crippen LogP contribution in [0.25, 0.3) is 0 Å². The van der Waals surface area contributed by atoms with E-state index in [0.717, 1.165) is 0 Å². The normalized spacial score (nSPS) is 9.94. The second kappa shape index (κ2) is 6.65. The standard InChI is InChI=1S/C9H7Cl3N2O4/c10-4-1-6(12)7(2-5(4)11)13-9(17)14-18-3-8(15)16/h1-2H,3H2,(H,15,16)(H2,13,14,17). The van der Waals surface area contributed by atoms with Gasteiger partial charge in [-0.25, -0.2) is 15.1 Å². The Morgan fingerprint density at radius 2 is 1.78 bits per heavy atom. The summed E-state index contributed by atoms with van der Waals surface area (Å²) in [6.07, 6.45) is 0. The summed E-state index contributed by atoms with van der Waals surface area (Å²) in [4.78, 5) is 25.8. The molecule has 3 N–H and O–H groups in total. The Labute approximate surface area is 117 Å². The zero-order chi connectivity index (χ0) is 13.7. The predicted octanol–water partition coefficient (Wildman–Crippen LogP) is 2.78. The Morgan fingerprint density at radius 1 is 1.17 bits per heavy atom. The summed E-state index contributed by atoms with van der Waals surface area (Å²) >= 11 is 17.3. The van der Waals surface area contributed by atoms with Crippen molar-refractivity contribution in [3.8, 4) is 0 Å². The minimum atomic E-state index is -1.22. The van der Waals surface area contributed by atoms with Gasteiger partial charge in [0, 0.05) is 0 Å². The van der Waals surface area contributed by atoms with Crippen LogP contribution >= 0.6 is 34.8 Å². The van der Waals surface area contributed by atoms with E-state index in [0.29, 0.717) is 0 Å². The number of benzene rings is 1. The zero-order valence-electron chi connectivity index (χ0n) is 8.67. The molecule has 0 atom stereocenters. The number of carboxylic acid groups (broad SMARTS) is 1. The first-order valence-electron chi connectivity index (χ1n) is 4.45. The maximum atomic E-state index is 11.3. The van der Waals surface area contributed by atoms with Gasteiger partial charge >= 0.3 is 12.0 Å². The van der Waals surface area contributed by atoms with Gasteiger partial charge in [0.25, 0.3) is 0 Å². The highest BCUT2D eigenvalue weighted by Gasteiger charge is 2.09. The van der Waals surface area contributed by atoms with Crippen molar-refractivity contribution in [2.75, 3.05) is 11.9 Å². The van der Waals surface area contributed by atoms with Gasteiger partial charge in [-0.3, -0.25) is 4.84 Å². The number of urea groups is 1. The first-order valence-corrected chi connectivity index (χ1v) is 5.58. The van der Waals surface area contributed by atoms with Gasteiger partial charge in [0.1, 0.15) is 0 Å². The molecule has 1 aromatic rings. The molecule has 0 saturated carbocycles. The molecule has 1 rings (SSSR count). The van der Waals surface area contributed by atoms with Gasteiger partial charge in [-0.1, -0.05) is 34.8 Å². The number of carbonyl (C=O) groups is 2. The SMILES string of the molecule is O=C(O)CONC(=O)Nc1cc(Cl)c(Cl)cc1Cl. The predicted molar refractivity (Wildman–Crippen MR) is 67.2 cm³/mol. The second-order valence-electron chi connectivity index (χ2n) is 2.98. The van der Waals surface area contributed by atoms with Crippen LogP contribution in [0.5, 0.6) is 0 Å². The molecule has 9 heteroatoms. The number of carbonyl (C=O) groups excluding carboxylic acids is 1. The van der Waals surface area contributed by atoms with Gasteiger partial charge in [0.05, 0.1) is 20.8 Å². The Bertz CT molecular complexity index is 481. The monoisotopic (exact) mass is 312 g/mol. The number of hydroxylamine groups is 1. The van der Waals surface area contributed by atoms with Crippen LogP contribution < -0.4 is 10.8 Å². The number of aliphatic carboxylic acids is 1. The Balaban J connectivity index is 2.59. The molecule has 0 saturated heterocycles. The van der Waals surface area contributed by atoms with Crippen LogP contribution in [0.2, 0.25) is 15.1 Å². The van der Waals surface area contributed by atoms with E-state index in [1.165, 1.54) is 12.1 Å². The largest absolute Gasteiger partial charge is 0.479 e. The second-order valence-corrected chi connectivity index (χ2v) is 4.21. The van der Waals surface area contributed by atoms with Gasteiger partial charge in [0.15, 0.2) is 6.61 Å². The third-order valence-electron chi connectivity index (χ3n) is 1.62. The van der Waals surface area contributed by atoms with Crippen molar-refractivity contribution in [1.82, 2.24) is 5.48 Å². The summed E-state index contributed by atoms with van der Waals surface area (Å²) in [5, 5.41) is 11.2. The van der Waals surface area contributed by atoms with Crippen molar-refractivity contribution in [3.05, 3.63) is 27.2 Å². The van der Waals surface area contributed by atoms with Gasteiger partial charge in [-0.05, 0) is 12.1 Å². The number of nitrogens with one attached hydrogen (secondary N) is 2. The highest BCUT2D eigenvalue weighted by atomic mass is 35.5. The molecule has 18 heavy (non-hydrogen) atoms. The van der Waals surface area contributed by atoms with Gasteiger partial charge in [0.2, 0.25) is 0 Å². The van der Waals surface area contributed by atoms with E-state index in [-0.39, 0.29) is 20.8 Å². The van der Waals surface area contributed by atoms with Crippen LogP contribution in [-0.2, 0) is 9.63 Å². The number of carboxylic acids is 1. The highest BCUT2D eigenvalue weighted by Crippen LogP contribution is 2.32. The fraction of sp³-hybridized carbons (Fsp3) is 0.111. The molecule has 0 radical (unpaired) electrons. The van der Waals surface area contributed by atoms with Crippen LogP contribution in [0.4, 0.5) is 10.5 Å². The van der Waals surface area contributed by atoms with Gasteiger partial charge < -0.3 is 10.4 Å². The van der Waals surface area contributed by atoms with E-state index >= 15 is 0 Å². The lowest BCUT2D eigenvalue weighted by atomic mass is 10.3. The smallest absolute Gasteiger partial charge is 0.343 e. The molecule has 1 aromatic carbocycles. The number of rotatable bonds is 4. The van der Waals surface area contributed by atoms with E-state index < -0.39 is 18.6 Å². The van der Waals surface area contributed by atoms with Crippen LogP contribution in [-0.4, -0.2) is 23.7 Å². The van der Waals surface area contributed by atoms with E-state index in [1.807, 2.05) is 5.48 Å². The third-order valence-corrected chi connectivity index (χ3v) is 2.65. The molecule has 2 amide bonds. The number of amides is 2. The Morgan fingerprint density at radius 3 is 2.39 bits per heavy atom. The first kappa shape index (κ1) is 14.8. The van der Waals surface area contributed by atoms with Crippen molar-refractivity contribution in [2.45, 2.75) is 0 Å². The summed E-state index contributed by atoms with van der Waals surface area (Å²) in [5.41, 5.74) is 2.07. The average Bonchev–Trinajstić information content (AvgIpc) is 2.25. The lowest BCUT2D eigenvalue weighted by molar-refractivity contribution is -0.143. The minimum Gasteiger partial charge on any atom is -0.479 e. The van der Waals surface area contributed by atoms with E-state index in [9.17, 15) is 9.59 Å². The molecule has 0 unspecified atom stereocenters. The van der Waals surface area contributed by atoms with Crippen molar-refractivity contribution in [1.29, 1.82) is 0 Å². The molecule has 6 nitrogen and oxygen atoms in total. The van der Waals surface area contributed by atoms with E-state index in [4.69, 9.17) is 39.9 Å². The number of anilines is 1. The number of hydrogen-bond donors (Lipinski definition) is 3. The molecule has 0 aliphatic rings. The summed E-state index contributed by atoms with van der Waals surface area (Å²) in [5.74, 6) is -1.22. The molecule has 98 valence electrons. The van der Waals surface area contributed by atoms with Crippen molar-refractivity contribution < 1.29 is 19.5 Å². The summed E-state index contributed by atoms with van der Waals surface area (Å²) < 4.78 is 0. The number of halogens is 3. The van der Waals surface area contributed by atoms with Gasteiger partial charge in [-0.15, -0.1) is 0 Å². The molecular weight excluding hydrogens is 306 g/mol. The lowest BCUT2D eigenvalue weighted by Gasteiger charge is -2.09. The molecule has 0 bridgehead atoms. The fourth-order valence-electron chi connectivity index (χ4n) is 0.930. The lowest BCUT2D eigenvalue weighted by Crippen LogP contribution is -2.30. The maximum absolute atomic E-state index is 11.3. The Hall–Kier alpha value is -1.21. The molecular formula is C9H7Cl3N2O4. The minimum absolute atomic E-state index is 0.179. The van der Waals surface area contributed by atoms with Crippen LogP contribution in [0.15, 0.2) is 12.1 Å². The molecule has 0 aliphatic heterocycles. The topological polar surface area (TPSA) is 87.7 Å². The van der Waals surface area contributed by atoms with E-state index in [1.54, 1.807) is 0 Å². The van der Waals surface area contributed by atoms with Crippen molar-refractivity contribution in [3.63, 3.8) is 0 Å². The number of hydrogen-bond acceptors (Lipinski definition) is 3. The van der Waals surface area contributed by atoms with Gasteiger partial charge in [-0.2, -0.15) is 0 Å². The van der Waals surface area contributed by atoms with Crippen LogP contribution in [0, 0.1) is 0 Å².